The van der Waals surface area contributed by atoms with Gasteiger partial charge in [0.1, 0.15) is 0 Å². The van der Waals surface area contributed by atoms with Crippen molar-refractivity contribution in [1.29, 1.82) is 0 Å². The number of allylic oxidation sites excluding steroid dienone is 2. The van der Waals surface area contributed by atoms with Gasteiger partial charge in [0.25, 0.3) is 0 Å². The summed E-state index contributed by atoms with van der Waals surface area (Å²) in [6.07, 6.45) is 34.7. The maximum absolute atomic E-state index is 12.6. The molecule has 0 bridgehead atoms. The molecular formula is C47H75ClO6. The van der Waals surface area contributed by atoms with Crippen molar-refractivity contribution in [2.75, 3.05) is 6.61 Å². The van der Waals surface area contributed by atoms with Crippen molar-refractivity contribution in [2.24, 2.45) is 17.3 Å². The van der Waals surface area contributed by atoms with E-state index in [1.165, 1.54) is 83.5 Å². The Hall–Kier alpha value is -2.15. The van der Waals surface area contributed by atoms with E-state index < -0.39 is 12.1 Å². The number of halogens is 1. The summed E-state index contributed by atoms with van der Waals surface area (Å²) in [6, 6.07) is 7.19. The monoisotopic (exact) mass is 771 g/mol. The molecule has 6 nitrogen and oxygen atoms in total. The number of carboxylic acid groups (broad SMARTS) is 1. The third kappa shape index (κ3) is 16.5. The number of ether oxygens (including phenoxy) is 1. The predicted molar refractivity (Wildman–Crippen MR) is 223 cm³/mol. The van der Waals surface area contributed by atoms with Crippen molar-refractivity contribution >= 4 is 23.5 Å². The molecule has 3 rings (SSSR count). The zero-order chi connectivity index (χ0) is 39.0. The van der Waals surface area contributed by atoms with Crippen LogP contribution in [0.25, 0.3) is 0 Å². The van der Waals surface area contributed by atoms with Crippen LogP contribution < -0.4 is 0 Å². The summed E-state index contributed by atoms with van der Waals surface area (Å²) in [5.74, 6) is -0.731. The van der Waals surface area contributed by atoms with Gasteiger partial charge in [0.2, 0.25) is 0 Å². The largest absolute Gasteiger partial charge is 0.478 e. The average Bonchev–Trinajstić information content (AvgIpc) is 3.41. The van der Waals surface area contributed by atoms with E-state index in [1.54, 1.807) is 12.1 Å². The molecule has 0 heterocycles. The van der Waals surface area contributed by atoms with Crippen molar-refractivity contribution in [2.45, 2.75) is 198 Å². The molecule has 0 radical (unpaired) electrons. The molecule has 3 N–H and O–H groups in total. The van der Waals surface area contributed by atoms with Gasteiger partial charge in [0.15, 0.2) is 0 Å². The molecule has 1 aromatic rings. The number of aliphatic hydroxyl groups excluding tert-OH is 2. The number of benzene rings is 1. The van der Waals surface area contributed by atoms with Crippen LogP contribution in [0.2, 0.25) is 0 Å². The first-order valence-electron chi connectivity index (χ1n) is 22.0. The van der Waals surface area contributed by atoms with Crippen LogP contribution in [0.1, 0.15) is 196 Å². The van der Waals surface area contributed by atoms with E-state index in [-0.39, 0.29) is 40.6 Å². The molecule has 0 aromatic heterocycles. The molecule has 1 unspecified atom stereocenters. The van der Waals surface area contributed by atoms with Crippen LogP contribution in [0.5, 0.6) is 0 Å². The second kappa shape index (κ2) is 26.7. The first-order valence-corrected chi connectivity index (χ1v) is 22.4. The summed E-state index contributed by atoms with van der Waals surface area (Å²) in [6.45, 7) is 4.80. The fourth-order valence-corrected chi connectivity index (χ4v) is 9.19. The normalized spacial score (nSPS) is 22.1. The number of esters is 1. The van der Waals surface area contributed by atoms with Crippen molar-refractivity contribution in [1.82, 2.24) is 0 Å². The highest BCUT2D eigenvalue weighted by atomic mass is 35.5. The quantitative estimate of drug-likeness (QED) is 0.0311. The maximum Gasteiger partial charge on any atom is 0.335 e. The van der Waals surface area contributed by atoms with Crippen LogP contribution in [-0.2, 0) is 9.53 Å². The number of unbranched alkanes of at least 4 members (excludes halogenated alkanes) is 13. The second-order valence-electron chi connectivity index (χ2n) is 16.6. The van der Waals surface area contributed by atoms with Gasteiger partial charge in [0, 0.05) is 17.7 Å². The summed E-state index contributed by atoms with van der Waals surface area (Å²) in [5, 5.41) is 30.7. The lowest BCUT2D eigenvalue weighted by Gasteiger charge is -2.45. The Kier molecular flexibility index (Phi) is 22.8. The molecule has 2 saturated carbocycles. The van der Waals surface area contributed by atoms with E-state index in [4.69, 9.17) is 16.3 Å². The zero-order valence-electron chi connectivity index (χ0n) is 33.9. The highest BCUT2D eigenvalue weighted by molar-refractivity contribution is 6.21. The van der Waals surface area contributed by atoms with Crippen molar-refractivity contribution in [3.8, 4) is 0 Å². The summed E-state index contributed by atoms with van der Waals surface area (Å²) in [5.41, 5.74) is 1.48. The number of aliphatic hydroxyl groups is 2. The number of rotatable bonds is 30. The van der Waals surface area contributed by atoms with Crippen LogP contribution in [0.4, 0.5) is 0 Å². The van der Waals surface area contributed by atoms with Crippen molar-refractivity contribution in [3.63, 3.8) is 0 Å². The summed E-state index contributed by atoms with van der Waals surface area (Å²) in [7, 11) is 0. The Morgan fingerprint density at radius 2 is 1.50 bits per heavy atom. The molecule has 54 heavy (non-hydrogen) atoms. The van der Waals surface area contributed by atoms with E-state index in [2.05, 4.69) is 38.2 Å². The minimum absolute atomic E-state index is 0.0123. The molecule has 7 heteroatoms. The Bertz CT molecular complexity index is 1220. The number of hydrogen-bond acceptors (Lipinski definition) is 5. The minimum atomic E-state index is -0.920. The molecule has 2 aliphatic rings. The van der Waals surface area contributed by atoms with Gasteiger partial charge in [-0.15, -0.1) is 11.6 Å². The standard InChI is InChI=1S/C47H75ClO6/c1-3-5-6-7-8-9-10-11-12-13-14-15-18-23-37(38-28-30-39(31-29-38)46(52)53)32-35-54-45(51)27-20-17-16-19-24-40-41(43(49)36-42(40)48)25-21-26-44(50)47(4-2)33-22-34-47/h16,19,21,25,28-31,37,40-44,49-50H,3-15,17-18,20,22-24,26-27,32-36H2,1-2H3,(H,52,53)/t37?,40-,41-,42-,43-,44+/m1/s1. The molecular weight excluding hydrogens is 696 g/mol. The number of alkyl halides is 1. The topological polar surface area (TPSA) is 104 Å². The van der Waals surface area contributed by atoms with Gasteiger partial charge in [-0.3, -0.25) is 4.79 Å². The van der Waals surface area contributed by atoms with E-state index in [1.807, 2.05) is 12.1 Å². The van der Waals surface area contributed by atoms with Gasteiger partial charge < -0.3 is 20.1 Å². The van der Waals surface area contributed by atoms with Gasteiger partial charge in [-0.05, 0) is 99.2 Å². The Balaban J connectivity index is 1.32. The van der Waals surface area contributed by atoms with Gasteiger partial charge >= 0.3 is 11.9 Å². The highest BCUT2D eigenvalue weighted by Crippen LogP contribution is 2.48. The molecule has 6 atom stereocenters. The lowest BCUT2D eigenvalue weighted by molar-refractivity contribution is -0.143. The van der Waals surface area contributed by atoms with Crippen LogP contribution in [0.15, 0.2) is 48.6 Å². The third-order valence-electron chi connectivity index (χ3n) is 12.7. The van der Waals surface area contributed by atoms with Crippen LogP contribution >= 0.6 is 11.6 Å². The highest BCUT2D eigenvalue weighted by Gasteiger charge is 2.42. The SMILES string of the molecule is CCCCCCCCCCCCCCCC(CCOC(=O)CCCC=CC[C@@H]1[C@@H](C=CC[C@H](O)C2(CC)CCC2)[C@H](O)C[C@H]1Cl)c1ccc(C(=O)O)cc1. The first kappa shape index (κ1) is 46.2. The Labute approximate surface area is 333 Å². The number of carboxylic acids is 1. The Morgan fingerprint density at radius 3 is 2.07 bits per heavy atom. The van der Waals surface area contributed by atoms with E-state index in [9.17, 15) is 24.9 Å². The summed E-state index contributed by atoms with van der Waals surface area (Å²) >= 11 is 6.67. The minimum Gasteiger partial charge on any atom is -0.478 e. The van der Waals surface area contributed by atoms with E-state index in [0.29, 0.717) is 37.9 Å². The molecule has 1 aromatic carbocycles. The van der Waals surface area contributed by atoms with Crippen molar-refractivity contribution in [3.05, 3.63) is 59.7 Å². The van der Waals surface area contributed by atoms with Gasteiger partial charge in [-0.1, -0.05) is 140 Å². The molecule has 2 aliphatic carbocycles. The van der Waals surface area contributed by atoms with Crippen LogP contribution in [0, 0.1) is 17.3 Å². The molecule has 2 fully saturated rings. The molecule has 306 valence electrons. The number of hydrogen-bond donors (Lipinski definition) is 3. The lowest BCUT2D eigenvalue weighted by atomic mass is 9.63. The first-order chi connectivity index (χ1) is 26.2. The fraction of sp³-hybridized carbons (Fsp3) is 0.745. The van der Waals surface area contributed by atoms with E-state index in [0.717, 1.165) is 56.9 Å². The zero-order valence-corrected chi connectivity index (χ0v) is 34.7. The summed E-state index contributed by atoms with van der Waals surface area (Å²) in [4.78, 5) is 24.0. The smallest absolute Gasteiger partial charge is 0.335 e. The second-order valence-corrected chi connectivity index (χ2v) is 17.1. The Morgan fingerprint density at radius 1 is 0.870 bits per heavy atom. The maximum atomic E-state index is 12.6. The third-order valence-corrected chi connectivity index (χ3v) is 13.2. The van der Waals surface area contributed by atoms with Gasteiger partial charge in [-0.2, -0.15) is 0 Å². The fourth-order valence-electron chi connectivity index (χ4n) is 8.74. The lowest BCUT2D eigenvalue weighted by Crippen LogP contribution is -2.40. The summed E-state index contributed by atoms with van der Waals surface area (Å²) < 4.78 is 5.67. The number of aromatic carboxylic acids is 1. The van der Waals surface area contributed by atoms with Crippen LogP contribution in [-0.4, -0.2) is 51.5 Å². The van der Waals surface area contributed by atoms with Crippen molar-refractivity contribution < 1.29 is 29.6 Å². The molecule has 0 spiro atoms. The average molecular weight is 772 g/mol. The number of carbonyl (C=O) groups excluding carboxylic acids is 1. The molecule has 0 saturated heterocycles. The molecule has 0 amide bonds. The van der Waals surface area contributed by atoms with E-state index >= 15 is 0 Å². The molecule has 0 aliphatic heterocycles. The van der Waals surface area contributed by atoms with Gasteiger partial charge in [-0.25, -0.2) is 4.79 Å². The number of carbonyl (C=O) groups is 2. The predicted octanol–water partition coefficient (Wildman–Crippen LogP) is 12.5. The van der Waals surface area contributed by atoms with Crippen LogP contribution in [0.3, 0.4) is 0 Å². The van der Waals surface area contributed by atoms with Gasteiger partial charge in [0.05, 0.1) is 24.4 Å².